The number of thiazole rings is 1. The third kappa shape index (κ3) is 3.46. The zero-order valence-corrected chi connectivity index (χ0v) is 15.9. The van der Waals surface area contributed by atoms with Crippen molar-refractivity contribution in [2.75, 3.05) is 5.32 Å². The van der Waals surface area contributed by atoms with E-state index in [-0.39, 0.29) is 30.4 Å². The minimum atomic E-state index is -0.309. The molecule has 0 aliphatic rings. The molecule has 6 nitrogen and oxygen atoms in total. The lowest BCUT2D eigenvalue weighted by Gasteiger charge is -2.04. The molecule has 2 heterocycles. The summed E-state index contributed by atoms with van der Waals surface area (Å²) in [5.74, 6) is -0.531. The first-order valence-corrected chi connectivity index (χ1v) is 9.56. The number of amides is 1. The second kappa shape index (κ2) is 7.40. The van der Waals surface area contributed by atoms with E-state index in [2.05, 4.69) is 10.3 Å². The minimum Gasteiger partial charge on any atom is -0.302 e. The monoisotopic (exact) mass is 396 g/mol. The largest absolute Gasteiger partial charge is 0.328 e. The number of benzene rings is 2. The molecule has 0 unspecified atom stereocenters. The molecule has 0 fully saturated rings. The van der Waals surface area contributed by atoms with Crippen LogP contribution in [0.1, 0.15) is 6.42 Å². The summed E-state index contributed by atoms with van der Waals surface area (Å²) in [6.07, 6.45) is 0.152. The predicted octanol–water partition coefficient (Wildman–Crippen LogP) is 3.63. The summed E-state index contributed by atoms with van der Waals surface area (Å²) in [6.45, 7) is 0.280. The summed E-state index contributed by atoms with van der Waals surface area (Å²) in [5, 5.41) is 5.03. The highest BCUT2D eigenvalue weighted by Gasteiger charge is 2.13. The first-order chi connectivity index (χ1) is 13.5. The maximum absolute atomic E-state index is 13.0. The van der Waals surface area contributed by atoms with Crippen LogP contribution in [0.25, 0.3) is 22.3 Å². The molecule has 1 amide bonds. The van der Waals surface area contributed by atoms with Gasteiger partial charge in [-0.2, -0.15) is 0 Å². The van der Waals surface area contributed by atoms with E-state index in [1.807, 2.05) is 24.3 Å². The van der Waals surface area contributed by atoms with E-state index in [4.69, 9.17) is 0 Å². The van der Waals surface area contributed by atoms with Gasteiger partial charge in [-0.3, -0.25) is 13.9 Å². The standard InChI is InChI=1S/C20H17FN4O2S/c1-24-16-4-2-3-5-17(16)25(20(24)27)11-10-18(26)23-19-22-15(12-28-19)13-6-8-14(21)9-7-13/h2-9,12H,10-11H2,1H3,(H,22,23,26). The zero-order valence-electron chi connectivity index (χ0n) is 15.1. The van der Waals surface area contributed by atoms with Gasteiger partial charge in [0.15, 0.2) is 5.13 Å². The normalized spacial score (nSPS) is 11.1. The van der Waals surface area contributed by atoms with Crippen LogP contribution in [0, 0.1) is 5.82 Å². The average molecular weight is 396 g/mol. The molecule has 4 rings (SSSR count). The van der Waals surface area contributed by atoms with Gasteiger partial charge in [-0.15, -0.1) is 11.3 Å². The van der Waals surface area contributed by atoms with Gasteiger partial charge >= 0.3 is 5.69 Å². The molecule has 8 heteroatoms. The van der Waals surface area contributed by atoms with E-state index < -0.39 is 0 Å². The Hall–Kier alpha value is -3.26. The number of rotatable bonds is 5. The van der Waals surface area contributed by atoms with Gasteiger partial charge in [-0.05, 0) is 36.4 Å². The highest BCUT2D eigenvalue weighted by molar-refractivity contribution is 7.14. The highest BCUT2D eigenvalue weighted by atomic mass is 32.1. The third-order valence-corrected chi connectivity index (χ3v) is 5.26. The maximum Gasteiger partial charge on any atom is 0.328 e. The minimum absolute atomic E-state index is 0.151. The van der Waals surface area contributed by atoms with Crippen molar-refractivity contribution in [3.8, 4) is 11.3 Å². The van der Waals surface area contributed by atoms with Crippen molar-refractivity contribution in [3.05, 3.63) is 70.2 Å². The van der Waals surface area contributed by atoms with E-state index >= 15 is 0 Å². The Morgan fingerprint density at radius 3 is 2.61 bits per heavy atom. The van der Waals surface area contributed by atoms with Crippen molar-refractivity contribution in [1.29, 1.82) is 0 Å². The van der Waals surface area contributed by atoms with Gasteiger partial charge in [0, 0.05) is 31.0 Å². The zero-order chi connectivity index (χ0) is 19.7. The summed E-state index contributed by atoms with van der Waals surface area (Å²) < 4.78 is 16.2. The van der Waals surface area contributed by atoms with E-state index in [1.165, 1.54) is 23.5 Å². The van der Waals surface area contributed by atoms with Gasteiger partial charge < -0.3 is 5.32 Å². The fraction of sp³-hybridized carbons (Fsp3) is 0.150. The number of nitrogens with zero attached hydrogens (tertiary/aromatic N) is 3. The lowest BCUT2D eigenvalue weighted by Crippen LogP contribution is -2.24. The van der Waals surface area contributed by atoms with Crippen LogP contribution in [0.15, 0.2) is 58.7 Å². The molecule has 142 valence electrons. The fourth-order valence-corrected chi connectivity index (χ4v) is 3.79. The Balaban J connectivity index is 1.44. The molecule has 2 aromatic heterocycles. The average Bonchev–Trinajstić information content (AvgIpc) is 3.25. The van der Waals surface area contributed by atoms with Crippen molar-refractivity contribution in [1.82, 2.24) is 14.1 Å². The van der Waals surface area contributed by atoms with E-state index in [9.17, 15) is 14.0 Å². The van der Waals surface area contributed by atoms with Crippen molar-refractivity contribution < 1.29 is 9.18 Å². The number of halogens is 1. The quantitative estimate of drug-likeness (QED) is 0.560. The molecule has 2 aromatic carbocycles. The number of aromatic nitrogens is 3. The molecule has 0 aliphatic carbocycles. The first-order valence-electron chi connectivity index (χ1n) is 8.68. The van der Waals surface area contributed by atoms with Gasteiger partial charge in [0.1, 0.15) is 5.82 Å². The summed E-state index contributed by atoms with van der Waals surface area (Å²) >= 11 is 1.30. The summed E-state index contributed by atoms with van der Waals surface area (Å²) in [5.41, 5.74) is 2.93. The second-order valence-electron chi connectivity index (χ2n) is 6.32. The van der Waals surface area contributed by atoms with Gasteiger partial charge in [-0.1, -0.05) is 12.1 Å². The number of hydrogen-bond donors (Lipinski definition) is 1. The predicted molar refractivity (Wildman–Crippen MR) is 108 cm³/mol. The van der Waals surface area contributed by atoms with Gasteiger partial charge in [0.05, 0.1) is 16.7 Å². The fourth-order valence-electron chi connectivity index (χ4n) is 3.06. The van der Waals surface area contributed by atoms with Crippen LogP contribution in [-0.2, 0) is 18.4 Å². The lowest BCUT2D eigenvalue weighted by atomic mass is 10.2. The number of aryl methyl sites for hydroxylation is 2. The number of imidazole rings is 1. The highest BCUT2D eigenvalue weighted by Crippen LogP contribution is 2.25. The first kappa shape index (κ1) is 18.1. The van der Waals surface area contributed by atoms with Crippen LogP contribution in [0.2, 0.25) is 0 Å². The van der Waals surface area contributed by atoms with Crippen molar-refractivity contribution in [2.45, 2.75) is 13.0 Å². The molecule has 0 saturated carbocycles. The topological polar surface area (TPSA) is 68.9 Å². The number of anilines is 1. The van der Waals surface area contributed by atoms with E-state index in [1.54, 1.807) is 33.7 Å². The Labute approximate surface area is 163 Å². The van der Waals surface area contributed by atoms with E-state index in [0.717, 1.165) is 16.6 Å². The Morgan fingerprint density at radius 1 is 1.14 bits per heavy atom. The number of fused-ring (bicyclic) bond motifs is 1. The molecule has 0 saturated heterocycles. The van der Waals surface area contributed by atoms with Gasteiger partial charge in [0.25, 0.3) is 0 Å². The molecule has 0 bridgehead atoms. The molecule has 0 aliphatic heterocycles. The molecular formula is C20H17FN4O2S. The van der Waals surface area contributed by atoms with Crippen LogP contribution in [-0.4, -0.2) is 20.0 Å². The third-order valence-electron chi connectivity index (χ3n) is 4.50. The van der Waals surface area contributed by atoms with Crippen LogP contribution >= 0.6 is 11.3 Å². The molecule has 0 atom stereocenters. The molecule has 4 aromatic rings. The molecule has 1 N–H and O–H groups in total. The molecule has 0 radical (unpaired) electrons. The Bertz CT molecular complexity index is 1210. The van der Waals surface area contributed by atoms with Gasteiger partial charge in [0.2, 0.25) is 5.91 Å². The maximum atomic E-state index is 13.0. The van der Waals surface area contributed by atoms with Crippen LogP contribution in [0.4, 0.5) is 9.52 Å². The number of carbonyl (C=O) groups excluding carboxylic acids is 1. The van der Waals surface area contributed by atoms with Crippen molar-refractivity contribution >= 4 is 33.4 Å². The van der Waals surface area contributed by atoms with Crippen LogP contribution in [0.3, 0.4) is 0 Å². The summed E-state index contributed by atoms with van der Waals surface area (Å²) in [7, 11) is 1.72. The lowest BCUT2D eigenvalue weighted by molar-refractivity contribution is -0.116. The number of nitrogens with one attached hydrogen (secondary N) is 1. The smallest absolute Gasteiger partial charge is 0.302 e. The number of carbonyl (C=O) groups is 1. The summed E-state index contributed by atoms with van der Waals surface area (Å²) in [4.78, 5) is 29.1. The van der Waals surface area contributed by atoms with E-state index in [0.29, 0.717) is 10.8 Å². The Morgan fingerprint density at radius 2 is 1.86 bits per heavy atom. The summed E-state index contributed by atoms with van der Waals surface area (Å²) in [6, 6.07) is 13.5. The number of para-hydroxylation sites is 2. The van der Waals surface area contributed by atoms with Crippen molar-refractivity contribution in [3.63, 3.8) is 0 Å². The Kier molecular flexibility index (Phi) is 4.79. The number of hydrogen-bond acceptors (Lipinski definition) is 4. The van der Waals surface area contributed by atoms with Gasteiger partial charge in [-0.25, -0.2) is 14.2 Å². The molecule has 0 spiro atoms. The SMILES string of the molecule is Cn1c(=O)n(CCC(=O)Nc2nc(-c3ccc(F)cc3)cs2)c2ccccc21. The molecular weight excluding hydrogens is 379 g/mol. The van der Waals surface area contributed by atoms with Crippen LogP contribution < -0.4 is 11.0 Å². The molecule has 28 heavy (non-hydrogen) atoms. The van der Waals surface area contributed by atoms with Crippen molar-refractivity contribution in [2.24, 2.45) is 7.05 Å². The second-order valence-corrected chi connectivity index (χ2v) is 7.18. The van der Waals surface area contributed by atoms with Crippen LogP contribution in [0.5, 0.6) is 0 Å².